The zero-order valence-corrected chi connectivity index (χ0v) is 11.1. The van der Waals surface area contributed by atoms with Crippen molar-refractivity contribution in [2.45, 2.75) is 44.1 Å². The van der Waals surface area contributed by atoms with E-state index in [4.69, 9.17) is 14.5 Å². The molecule has 1 fully saturated rings. The van der Waals surface area contributed by atoms with Crippen LogP contribution < -0.4 is 0 Å². The smallest absolute Gasteiger partial charge is 0.125 e. The first-order chi connectivity index (χ1) is 8.34. The largest absolute Gasteiger partial charge is 0.381 e. The number of nitrogens with zero attached hydrogens (tertiary/aromatic N) is 1. The van der Waals surface area contributed by atoms with E-state index in [-0.39, 0.29) is 5.60 Å². The molecule has 3 rings (SSSR count). The van der Waals surface area contributed by atoms with Gasteiger partial charge < -0.3 is 9.47 Å². The Labute approximate surface area is 106 Å². The van der Waals surface area contributed by atoms with Crippen molar-refractivity contribution < 1.29 is 9.47 Å². The Bertz CT molecular complexity index is 373. The number of rotatable bonds is 2. The zero-order chi connectivity index (χ0) is 11.7. The summed E-state index contributed by atoms with van der Waals surface area (Å²) in [5.74, 6) is 0. The predicted octanol–water partition coefficient (Wildman–Crippen LogP) is 2.67. The molecular formula is C13H19NO2S. The van der Waals surface area contributed by atoms with Crippen molar-refractivity contribution in [2.24, 2.45) is 0 Å². The van der Waals surface area contributed by atoms with Crippen LogP contribution in [-0.4, -0.2) is 25.3 Å². The lowest BCUT2D eigenvalue weighted by molar-refractivity contribution is -0.0948. The molecule has 0 radical (unpaired) electrons. The average Bonchev–Trinajstić information content (AvgIpc) is 2.84. The van der Waals surface area contributed by atoms with Crippen LogP contribution in [-0.2, 0) is 27.9 Å². The first-order valence-corrected chi connectivity index (χ1v) is 7.28. The molecule has 1 aromatic rings. The molecule has 1 aromatic heterocycles. The topological polar surface area (TPSA) is 31.4 Å². The quantitative estimate of drug-likeness (QED) is 0.812. The van der Waals surface area contributed by atoms with Crippen LogP contribution in [0.15, 0.2) is 0 Å². The summed E-state index contributed by atoms with van der Waals surface area (Å²) >= 11 is 1.87. The molecule has 17 heavy (non-hydrogen) atoms. The van der Waals surface area contributed by atoms with E-state index in [0.717, 1.165) is 32.5 Å². The standard InChI is InChI=1S/C13H19NO2S/c1-15-13(6-8-16-9-7-13)12-14-10-4-2-3-5-11(10)17-12/h2-9H2,1H3. The SMILES string of the molecule is COC1(c2nc3c(s2)CCCC3)CCOCC1. The number of methoxy groups -OCH3 is 1. The molecule has 1 aliphatic heterocycles. The number of ether oxygens (including phenoxy) is 2. The van der Waals surface area contributed by atoms with Gasteiger partial charge in [-0.2, -0.15) is 0 Å². The van der Waals surface area contributed by atoms with Crippen molar-refractivity contribution in [3.05, 3.63) is 15.6 Å². The maximum absolute atomic E-state index is 5.81. The molecule has 0 spiro atoms. The summed E-state index contributed by atoms with van der Waals surface area (Å²) in [6, 6.07) is 0. The molecular weight excluding hydrogens is 234 g/mol. The average molecular weight is 253 g/mol. The van der Waals surface area contributed by atoms with Gasteiger partial charge in [0.1, 0.15) is 10.6 Å². The summed E-state index contributed by atoms with van der Waals surface area (Å²) < 4.78 is 11.3. The lowest BCUT2D eigenvalue weighted by Crippen LogP contribution is -2.35. The minimum absolute atomic E-state index is 0.166. The third kappa shape index (κ3) is 2.02. The molecule has 0 bridgehead atoms. The van der Waals surface area contributed by atoms with Crippen molar-refractivity contribution in [1.82, 2.24) is 4.98 Å². The van der Waals surface area contributed by atoms with Gasteiger partial charge in [0.05, 0.1) is 5.69 Å². The molecule has 1 saturated heterocycles. The van der Waals surface area contributed by atoms with Crippen molar-refractivity contribution in [2.75, 3.05) is 20.3 Å². The number of hydrogen-bond donors (Lipinski definition) is 0. The molecule has 0 amide bonds. The van der Waals surface area contributed by atoms with Gasteiger partial charge in [-0.25, -0.2) is 4.98 Å². The van der Waals surface area contributed by atoms with Gasteiger partial charge in [-0.3, -0.25) is 0 Å². The Morgan fingerprint density at radius 2 is 2.00 bits per heavy atom. The van der Waals surface area contributed by atoms with Crippen molar-refractivity contribution in [3.63, 3.8) is 0 Å². The molecule has 4 heteroatoms. The number of fused-ring (bicyclic) bond motifs is 1. The first-order valence-electron chi connectivity index (χ1n) is 6.46. The van der Waals surface area contributed by atoms with Crippen molar-refractivity contribution in [3.8, 4) is 0 Å². The summed E-state index contributed by atoms with van der Waals surface area (Å²) in [5.41, 5.74) is 1.17. The van der Waals surface area contributed by atoms with Crippen LogP contribution >= 0.6 is 11.3 Å². The minimum atomic E-state index is -0.166. The molecule has 0 unspecified atom stereocenters. The van der Waals surface area contributed by atoms with Crippen LogP contribution in [0.4, 0.5) is 0 Å². The summed E-state index contributed by atoms with van der Waals surface area (Å²) in [7, 11) is 1.81. The molecule has 0 aromatic carbocycles. The van der Waals surface area contributed by atoms with E-state index in [2.05, 4.69) is 0 Å². The highest BCUT2D eigenvalue weighted by Crippen LogP contribution is 2.40. The summed E-state index contributed by atoms with van der Waals surface area (Å²) in [5, 5.41) is 1.19. The van der Waals surface area contributed by atoms with E-state index >= 15 is 0 Å². The molecule has 1 aliphatic carbocycles. The van der Waals surface area contributed by atoms with E-state index in [1.165, 1.54) is 34.8 Å². The van der Waals surface area contributed by atoms with Crippen molar-refractivity contribution >= 4 is 11.3 Å². The number of aryl methyl sites for hydroxylation is 2. The molecule has 2 heterocycles. The van der Waals surface area contributed by atoms with Gasteiger partial charge in [-0.15, -0.1) is 11.3 Å². The fourth-order valence-corrected chi connectivity index (χ4v) is 4.13. The second kappa shape index (κ2) is 4.67. The summed E-state index contributed by atoms with van der Waals surface area (Å²) in [6.07, 6.45) is 6.86. The van der Waals surface area contributed by atoms with Gasteiger partial charge in [0.2, 0.25) is 0 Å². The Morgan fingerprint density at radius 3 is 2.71 bits per heavy atom. The lowest BCUT2D eigenvalue weighted by atomic mass is 9.94. The number of thiazole rings is 1. The zero-order valence-electron chi connectivity index (χ0n) is 10.3. The summed E-state index contributed by atoms with van der Waals surface area (Å²) in [4.78, 5) is 6.35. The monoisotopic (exact) mass is 253 g/mol. The third-order valence-electron chi connectivity index (χ3n) is 3.93. The highest BCUT2D eigenvalue weighted by atomic mass is 32.1. The van der Waals surface area contributed by atoms with E-state index in [9.17, 15) is 0 Å². The predicted molar refractivity (Wildman–Crippen MR) is 67.5 cm³/mol. The normalized spacial score (nSPS) is 23.4. The third-order valence-corrected chi connectivity index (χ3v) is 5.27. The molecule has 0 atom stereocenters. The van der Waals surface area contributed by atoms with Gasteiger partial charge in [-0.1, -0.05) is 0 Å². The van der Waals surface area contributed by atoms with Crippen LogP contribution in [0.25, 0.3) is 0 Å². The first kappa shape index (κ1) is 11.6. The van der Waals surface area contributed by atoms with Gasteiger partial charge in [0.25, 0.3) is 0 Å². The van der Waals surface area contributed by atoms with E-state index in [0.29, 0.717) is 0 Å². The maximum Gasteiger partial charge on any atom is 0.125 e. The number of hydrogen-bond acceptors (Lipinski definition) is 4. The highest BCUT2D eigenvalue weighted by molar-refractivity contribution is 7.11. The van der Waals surface area contributed by atoms with Gasteiger partial charge >= 0.3 is 0 Å². The van der Waals surface area contributed by atoms with E-state index < -0.39 is 0 Å². The second-order valence-electron chi connectivity index (χ2n) is 4.91. The van der Waals surface area contributed by atoms with E-state index in [1.807, 2.05) is 18.4 Å². The van der Waals surface area contributed by atoms with Crippen molar-refractivity contribution in [1.29, 1.82) is 0 Å². The van der Waals surface area contributed by atoms with Crippen LogP contribution in [0, 0.1) is 0 Å². The Morgan fingerprint density at radius 1 is 1.24 bits per heavy atom. The van der Waals surface area contributed by atoms with Crippen LogP contribution in [0.3, 0.4) is 0 Å². The summed E-state index contributed by atoms with van der Waals surface area (Å²) in [6.45, 7) is 1.58. The lowest BCUT2D eigenvalue weighted by Gasteiger charge is -2.33. The Kier molecular flexibility index (Phi) is 3.19. The Hall–Kier alpha value is -0.450. The van der Waals surface area contributed by atoms with Crippen LogP contribution in [0.5, 0.6) is 0 Å². The second-order valence-corrected chi connectivity index (χ2v) is 5.99. The number of aromatic nitrogens is 1. The van der Waals surface area contributed by atoms with Gasteiger partial charge in [-0.05, 0) is 25.7 Å². The Balaban J connectivity index is 1.93. The maximum atomic E-state index is 5.81. The van der Waals surface area contributed by atoms with Crippen LogP contribution in [0.1, 0.15) is 41.3 Å². The molecule has 0 N–H and O–H groups in total. The minimum Gasteiger partial charge on any atom is -0.381 e. The molecule has 3 nitrogen and oxygen atoms in total. The fraction of sp³-hybridized carbons (Fsp3) is 0.769. The van der Waals surface area contributed by atoms with Crippen LogP contribution in [0.2, 0.25) is 0 Å². The van der Waals surface area contributed by atoms with Gasteiger partial charge in [0, 0.05) is 38.0 Å². The highest BCUT2D eigenvalue weighted by Gasteiger charge is 2.38. The van der Waals surface area contributed by atoms with E-state index in [1.54, 1.807) is 0 Å². The molecule has 0 saturated carbocycles. The molecule has 94 valence electrons. The van der Waals surface area contributed by atoms with Gasteiger partial charge in [0.15, 0.2) is 0 Å². The molecule has 2 aliphatic rings. The fourth-order valence-electron chi connectivity index (χ4n) is 2.75.